The zero-order chi connectivity index (χ0) is 15.0. The van der Waals surface area contributed by atoms with E-state index in [-0.39, 0.29) is 0 Å². The lowest BCUT2D eigenvalue weighted by molar-refractivity contribution is 0.430. The van der Waals surface area contributed by atoms with Crippen LogP contribution in [0.2, 0.25) is 0 Å². The number of nitrogens with one attached hydrogen (secondary N) is 1. The standard InChI is InChI=1S/C18H25N3/c1-12-9-10-18(16-8-6-5-7-15(12)16)19-11-17-13(2)20-21(4)14(17)3/h5-8,12,18-19H,9-11H2,1-4H3. The molecule has 0 aliphatic heterocycles. The molecular weight excluding hydrogens is 258 g/mol. The highest BCUT2D eigenvalue weighted by Gasteiger charge is 2.24. The van der Waals surface area contributed by atoms with Gasteiger partial charge < -0.3 is 5.32 Å². The second-order valence-corrected chi connectivity index (χ2v) is 6.31. The van der Waals surface area contributed by atoms with E-state index in [0.717, 1.165) is 12.2 Å². The Bertz CT molecular complexity index is 642. The van der Waals surface area contributed by atoms with Gasteiger partial charge in [-0.15, -0.1) is 0 Å². The first-order chi connectivity index (χ1) is 10.1. The van der Waals surface area contributed by atoms with Crippen LogP contribution in [0.15, 0.2) is 24.3 Å². The fourth-order valence-corrected chi connectivity index (χ4v) is 3.52. The van der Waals surface area contributed by atoms with Gasteiger partial charge in [0, 0.05) is 30.9 Å². The topological polar surface area (TPSA) is 29.9 Å². The van der Waals surface area contributed by atoms with Gasteiger partial charge in [-0.1, -0.05) is 31.2 Å². The minimum atomic E-state index is 0.469. The third-order valence-electron chi connectivity index (χ3n) is 4.97. The molecule has 2 aromatic rings. The molecule has 2 unspecified atom stereocenters. The SMILES string of the molecule is Cc1nn(C)c(C)c1CNC1CCC(C)c2ccccc21. The zero-order valence-electron chi connectivity index (χ0n) is 13.5. The van der Waals surface area contributed by atoms with E-state index in [4.69, 9.17) is 0 Å². The molecule has 3 heteroatoms. The molecule has 1 aliphatic rings. The molecule has 3 nitrogen and oxygen atoms in total. The van der Waals surface area contributed by atoms with E-state index in [0.29, 0.717) is 12.0 Å². The minimum absolute atomic E-state index is 0.469. The first-order valence-corrected chi connectivity index (χ1v) is 7.89. The molecule has 0 bridgehead atoms. The average molecular weight is 283 g/mol. The molecule has 1 N–H and O–H groups in total. The first kappa shape index (κ1) is 14.3. The van der Waals surface area contributed by atoms with E-state index >= 15 is 0 Å². The summed E-state index contributed by atoms with van der Waals surface area (Å²) in [6.07, 6.45) is 2.48. The quantitative estimate of drug-likeness (QED) is 0.929. The van der Waals surface area contributed by atoms with Crippen LogP contribution in [0.4, 0.5) is 0 Å². The molecule has 0 radical (unpaired) electrons. The Labute approximate surface area is 127 Å². The number of nitrogens with zero attached hydrogens (tertiary/aromatic N) is 2. The van der Waals surface area contributed by atoms with Crippen LogP contribution >= 0.6 is 0 Å². The highest BCUT2D eigenvalue weighted by molar-refractivity contribution is 5.35. The highest BCUT2D eigenvalue weighted by atomic mass is 15.3. The van der Waals surface area contributed by atoms with E-state index in [1.807, 2.05) is 11.7 Å². The molecule has 1 aromatic heterocycles. The summed E-state index contributed by atoms with van der Waals surface area (Å²) >= 11 is 0. The highest BCUT2D eigenvalue weighted by Crippen LogP contribution is 2.37. The summed E-state index contributed by atoms with van der Waals surface area (Å²) in [4.78, 5) is 0. The average Bonchev–Trinajstić information content (AvgIpc) is 2.72. The van der Waals surface area contributed by atoms with Gasteiger partial charge in [-0.2, -0.15) is 5.10 Å². The Balaban J connectivity index is 1.79. The minimum Gasteiger partial charge on any atom is -0.306 e. The normalized spacial score (nSPS) is 21.3. The predicted molar refractivity (Wildman–Crippen MR) is 86.4 cm³/mol. The summed E-state index contributed by atoms with van der Waals surface area (Å²) in [5, 5.41) is 8.26. The summed E-state index contributed by atoms with van der Waals surface area (Å²) in [7, 11) is 2.02. The Morgan fingerprint density at radius 1 is 1.19 bits per heavy atom. The number of aryl methyl sites for hydroxylation is 2. The largest absolute Gasteiger partial charge is 0.306 e. The molecule has 2 atom stereocenters. The van der Waals surface area contributed by atoms with E-state index < -0.39 is 0 Å². The third kappa shape index (κ3) is 2.62. The Kier molecular flexibility index (Phi) is 3.85. The summed E-state index contributed by atoms with van der Waals surface area (Å²) in [6, 6.07) is 9.36. The maximum Gasteiger partial charge on any atom is 0.0641 e. The van der Waals surface area contributed by atoms with Gasteiger partial charge in [0.25, 0.3) is 0 Å². The molecule has 1 aliphatic carbocycles. The van der Waals surface area contributed by atoms with Crippen molar-refractivity contribution in [1.29, 1.82) is 0 Å². The maximum atomic E-state index is 4.51. The smallest absolute Gasteiger partial charge is 0.0641 e. The molecule has 3 rings (SSSR count). The van der Waals surface area contributed by atoms with E-state index in [1.165, 1.54) is 35.2 Å². The van der Waals surface area contributed by atoms with Crippen molar-refractivity contribution in [3.05, 3.63) is 52.3 Å². The van der Waals surface area contributed by atoms with Gasteiger partial charge in [0.05, 0.1) is 5.69 Å². The monoisotopic (exact) mass is 283 g/mol. The Morgan fingerprint density at radius 2 is 1.90 bits per heavy atom. The number of hydrogen-bond donors (Lipinski definition) is 1. The van der Waals surface area contributed by atoms with Crippen molar-refractivity contribution in [3.8, 4) is 0 Å². The van der Waals surface area contributed by atoms with Crippen LogP contribution in [0.25, 0.3) is 0 Å². The lowest BCUT2D eigenvalue weighted by Crippen LogP contribution is -2.26. The molecule has 1 aromatic carbocycles. The van der Waals surface area contributed by atoms with Crippen molar-refractivity contribution in [1.82, 2.24) is 15.1 Å². The van der Waals surface area contributed by atoms with Gasteiger partial charge >= 0.3 is 0 Å². The van der Waals surface area contributed by atoms with Crippen molar-refractivity contribution in [2.24, 2.45) is 7.05 Å². The second-order valence-electron chi connectivity index (χ2n) is 6.31. The molecule has 0 saturated heterocycles. The van der Waals surface area contributed by atoms with Crippen molar-refractivity contribution < 1.29 is 0 Å². The van der Waals surface area contributed by atoms with Crippen LogP contribution in [0.3, 0.4) is 0 Å². The lowest BCUT2D eigenvalue weighted by atomic mass is 9.81. The van der Waals surface area contributed by atoms with Gasteiger partial charge in [0.15, 0.2) is 0 Å². The summed E-state index contributed by atoms with van der Waals surface area (Å²) in [6.45, 7) is 7.48. The number of aromatic nitrogens is 2. The predicted octanol–water partition coefficient (Wildman–Crippen LogP) is 3.77. The third-order valence-corrected chi connectivity index (χ3v) is 4.97. The van der Waals surface area contributed by atoms with Crippen molar-refractivity contribution >= 4 is 0 Å². The van der Waals surface area contributed by atoms with E-state index in [9.17, 15) is 0 Å². The summed E-state index contributed by atoms with van der Waals surface area (Å²) in [5.41, 5.74) is 6.74. The van der Waals surface area contributed by atoms with Crippen LogP contribution < -0.4 is 5.32 Å². The van der Waals surface area contributed by atoms with Crippen molar-refractivity contribution in [2.45, 2.75) is 52.1 Å². The number of fused-ring (bicyclic) bond motifs is 1. The molecule has 0 spiro atoms. The molecule has 0 amide bonds. The zero-order valence-corrected chi connectivity index (χ0v) is 13.5. The van der Waals surface area contributed by atoms with E-state index in [1.54, 1.807) is 0 Å². The summed E-state index contributed by atoms with van der Waals surface area (Å²) in [5.74, 6) is 0.682. The Hall–Kier alpha value is -1.61. The molecule has 21 heavy (non-hydrogen) atoms. The molecular formula is C18H25N3. The van der Waals surface area contributed by atoms with Gasteiger partial charge in [0.1, 0.15) is 0 Å². The number of benzene rings is 1. The first-order valence-electron chi connectivity index (χ1n) is 7.89. The second kappa shape index (κ2) is 5.64. The van der Waals surface area contributed by atoms with Gasteiger partial charge in [-0.05, 0) is 43.7 Å². The molecule has 1 heterocycles. The van der Waals surface area contributed by atoms with Crippen LogP contribution in [-0.4, -0.2) is 9.78 Å². The van der Waals surface area contributed by atoms with Crippen LogP contribution in [0.1, 0.15) is 59.8 Å². The Morgan fingerprint density at radius 3 is 2.57 bits per heavy atom. The van der Waals surface area contributed by atoms with Crippen LogP contribution in [0.5, 0.6) is 0 Å². The van der Waals surface area contributed by atoms with Crippen molar-refractivity contribution in [2.75, 3.05) is 0 Å². The number of rotatable bonds is 3. The fraction of sp³-hybridized carbons (Fsp3) is 0.500. The molecule has 112 valence electrons. The lowest BCUT2D eigenvalue weighted by Gasteiger charge is -2.30. The van der Waals surface area contributed by atoms with Gasteiger partial charge in [0.2, 0.25) is 0 Å². The van der Waals surface area contributed by atoms with Gasteiger partial charge in [-0.25, -0.2) is 0 Å². The van der Waals surface area contributed by atoms with E-state index in [2.05, 4.69) is 55.5 Å². The summed E-state index contributed by atoms with van der Waals surface area (Å²) < 4.78 is 1.98. The fourth-order valence-electron chi connectivity index (χ4n) is 3.52. The van der Waals surface area contributed by atoms with Crippen LogP contribution in [-0.2, 0) is 13.6 Å². The van der Waals surface area contributed by atoms with Crippen molar-refractivity contribution in [3.63, 3.8) is 0 Å². The number of hydrogen-bond acceptors (Lipinski definition) is 2. The van der Waals surface area contributed by atoms with Crippen LogP contribution in [0, 0.1) is 13.8 Å². The molecule has 0 saturated carbocycles. The van der Waals surface area contributed by atoms with Gasteiger partial charge in [-0.3, -0.25) is 4.68 Å². The molecule has 0 fully saturated rings. The maximum absolute atomic E-state index is 4.51.